The summed E-state index contributed by atoms with van der Waals surface area (Å²) in [5, 5.41) is 8.87. The van der Waals surface area contributed by atoms with Crippen LogP contribution in [0.2, 0.25) is 0 Å². The van der Waals surface area contributed by atoms with Crippen molar-refractivity contribution < 1.29 is 14.6 Å². The van der Waals surface area contributed by atoms with Crippen molar-refractivity contribution in [3.8, 4) is 5.75 Å². The Morgan fingerprint density at radius 3 is 2.72 bits per heavy atom. The molecule has 1 aromatic carbocycles. The Labute approximate surface area is 107 Å². The SMILES string of the molecule is O=C(CCCOc1ccccc1)N1CC(CO)C1. The van der Waals surface area contributed by atoms with Crippen molar-refractivity contribution in [3.05, 3.63) is 30.3 Å². The van der Waals surface area contributed by atoms with Crippen LogP contribution in [0, 0.1) is 5.92 Å². The molecule has 0 spiro atoms. The second kappa shape index (κ2) is 6.40. The molecule has 0 atom stereocenters. The molecular formula is C14H19NO3. The standard InChI is InChI=1S/C14H19NO3/c16-11-12-9-15(10-12)14(17)7-4-8-18-13-5-2-1-3-6-13/h1-3,5-6,12,16H,4,7-11H2. The molecule has 1 aliphatic heterocycles. The van der Waals surface area contributed by atoms with E-state index in [-0.39, 0.29) is 18.4 Å². The van der Waals surface area contributed by atoms with Crippen LogP contribution in [-0.2, 0) is 4.79 Å². The summed E-state index contributed by atoms with van der Waals surface area (Å²) in [4.78, 5) is 13.5. The minimum atomic E-state index is 0.163. The van der Waals surface area contributed by atoms with Gasteiger partial charge in [0.1, 0.15) is 5.75 Å². The number of hydrogen-bond acceptors (Lipinski definition) is 3. The summed E-state index contributed by atoms with van der Waals surface area (Å²) < 4.78 is 5.52. The molecule has 1 N–H and O–H groups in total. The number of nitrogens with zero attached hydrogens (tertiary/aromatic N) is 1. The summed E-state index contributed by atoms with van der Waals surface area (Å²) in [6.07, 6.45) is 1.25. The third kappa shape index (κ3) is 3.47. The van der Waals surface area contributed by atoms with Gasteiger partial charge in [-0.1, -0.05) is 18.2 Å². The number of likely N-dealkylation sites (tertiary alicyclic amines) is 1. The van der Waals surface area contributed by atoms with Gasteiger partial charge in [-0.15, -0.1) is 0 Å². The number of aliphatic hydroxyl groups is 1. The zero-order chi connectivity index (χ0) is 12.8. The minimum Gasteiger partial charge on any atom is -0.494 e. The molecule has 1 aromatic rings. The molecule has 1 saturated heterocycles. The number of carbonyl (C=O) groups excluding carboxylic acids is 1. The molecule has 1 heterocycles. The first-order chi connectivity index (χ1) is 8.79. The molecule has 0 radical (unpaired) electrons. The summed E-state index contributed by atoms with van der Waals surface area (Å²) >= 11 is 0. The Kier molecular flexibility index (Phi) is 4.59. The average molecular weight is 249 g/mol. The van der Waals surface area contributed by atoms with Gasteiger partial charge in [0, 0.05) is 32.0 Å². The number of para-hydroxylation sites is 1. The lowest BCUT2D eigenvalue weighted by Gasteiger charge is -2.38. The van der Waals surface area contributed by atoms with Crippen LogP contribution in [0.4, 0.5) is 0 Å². The van der Waals surface area contributed by atoms with Gasteiger partial charge in [0.15, 0.2) is 0 Å². The zero-order valence-electron chi connectivity index (χ0n) is 10.4. The Hall–Kier alpha value is -1.55. The predicted molar refractivity (Wildman–Crippen MR) is 68.3 cm³/mol. The topological polar surface area (TPSA) is 49.8 Å². The molecule has 98 valence electrons. The lowest BCUT2D eigenvalue weighted by atomic mass is 10.0. The van der Waals surface area contributed by atoms with E-state index < -0.39 is 0 Å². The summed E-state index contributed by atoms with van der Waals surface area (Å²) in [5.74, 6) is 1.29. The normalized spacial score (nSPS) is 15.3. The quantitative estimate of drug-likeness (QED) is 0.773. The highest BCUT2D eigenvalue weighted by Crippen LogP contribution is 2.16. The number of ether oxygens (including phenoxy) is 1. The van der Waals surface area contributed by atoms with Crippen LogP contribution < -0.4 is 4.74 Å². The van der Waals surface area contributed by atoms with Gasteiger partial charge < -0.3 is 14.7 Å². The van der Waals surface area contributed by atoms with Crippen molar-refractivity contribution in [1.29, 1.82) is 0 Å². The molecule has 18 heavy (non-hydrogen) atoms. The fraction of sp³-hybridized carbons (Fsp3) is 0.500. The number of amides is 1. The van der Waals surface area contributed by atoms with Crippen LogP contribution in [0.1, 0.15) is 12.8 Å². The maximum Gasteiger partial charge on any atom is 0.222 e. The van der Waals surface area contributed by atoms with Gasteiger partial charge in [0.05, 0.1) is 6.61 Å². The van der Waals surface area contributed by atoms with E-state index in [2.05, 4.69) is 0 Å². The van der Waals surface area contributed by atoms with E-state index in [9.17, 15) is 4.79 Å². The highest BCUT2D eigenvalue weighted by Gasteiger charge is 2.29. The third-order valence-electron chi connectivity index (χ3n) is 3.11. The molecule has 1 fully saturated rings. The van der Waals surface area contributed by atoms with Crippen LogP contribution in [0.15, 0.2) is 30.3 Å². The van der Waals surface area contributed by atoms with Crippen LogP contribution in [0.3, 0.4) is 0 Å². The molecule has 0 saturated carbocycles. The summed E-state index contributed by atoms with van der Waals surface area (Å²) in [5.41, 5.74) is 0. The van der Waals surface area contributed by atoms with E-state index in [0.29, 0.717) is 26.1 Å². The Morgan fingerprint density at radius 1 is 1.33 bits per heavy atom. The summed E-state index contributed by atoms with van der Waals surface area (Å²) in [6.45, 7) is 2.15. The lowest BCUT2D eigenvalue weighted by Crippen LogP contribution is -2.51. The second-order valence-corrected chi connectivity index (χ2v) is 4.61. The molecule has 2 rings (SSSR count). The monoisotopic (exact) mass is 249 g/mol. The van der Waals surface area contributed by atoms with Crippen LogP contribution >= 0.6 is 0 Å². The number of aliphatic hydroxyl groups excluding tert-OH is 1. The smallest absolute Gasteiger partial charge is 0.222 e. The highest BCUT2D eigenvalue weighted by molar-refractivity contribution is 5.76. The van der Waals surface area contributed by atoms with Crippen molar-refractivity contribution in [2.24, 2.45) is 5.92 Å². The van der Waals surface area contributed by atoms with Crippen LogP contribution in [0.25, 0.3) is 0 Å². The van der Waals surface area contributed by atoms with Gasteiger partial charge in [-0.3, -0.25) is 4.79 Å². The molecule has 0 bridgehead atoms. The lowest BCUT2D eigenvalue weighted by molar-refractivity contribution is -0.138. The van der Waals surface area contributed by atoms with Gasteiger partial charge >= 0.3 is 0 Å². The van der Waals surface area contributed by atoms with E-state index in [4.69, 9.17) is 9.84 Å². The van der Waals surface area contributed by atoms with Crippen LogP contribution in [-0.4, -0.2) is 42.2 Å². The highest BCUT2D eigenvalue weighted by atomic mass is 16.5. The van der Waals surface area contributed by atoms with Gasteiger partial charge in [0.2, 0.25) is 5.91 Å². The first-order valence-corrected chi connectivity index (χ1v) is 6.36. The Balaban J connectivity index is 1.57. The number of benzene rings is 1. The van der Waals surface area contributed by atoms with Crippen molar-refractivity contribution in [1.82, 2.24) is 4.90 Å². The van der Waals surface area contributed by atoms with E-state index in [1.807, 2.05) is 30.3 Å². The molecular weight excluding hydrogens is 230 g/mol. The number of rotatable bonds is 6. The molecule has 0 aromatic heterocycles. The van der Waals surface area contributed by atoms with Gasteiger partial charge in [-0.25, -0.2) is 0 Å². The summed E-state index contributed by atoms with van der Waals surface area (Å²) in [7, 11) is 0. The van der Waals surface area contributed by atoms with Gasteiger partial charge in [-0.2, -0.15) is 0 Å². The largest absolute Gasteiger partial charge is 0.494 e. The number of hydrogen-bond donors (Lipinski definition) is 1. The molecule has 4 heteroatoms. The van der Waals surface area contributed by atoms with Gasteiger partial charge in [0.25, 0.3) is 0 Å². The molecule has 0 unspecified atom stereocenters. The average Bonchev–Trinajstić information content (AvgIpc) is 2.35. The maximum absolute atomic E-state index is 11.7. The first-order valence-electron chi connectivity index (χ1n) is 6.36. The number of carbonyl (C=O) groups is 1. The fourth-order valence-electron chi connectivity index (χ4n) is 1.98. The zero-order valence-corrected chi connectivity index (χ0v) is 10.4. The van der Waals surface area contributed by atoms with Crippen molar-refractivity contribution in [3.63, 3.8) is 0 Å². The third-order valence-corrected chi connectivity index (χ3v) is 3.11. The molecule has 0 aliphatic carbocycles. The predicted octanol–water partition coefficient (Wildman–Crippen LogP) is 1.30. The Morgan fingerprint density at radius 2 is 2.06 bits per heavy atom. The molecule has 1 amide bonds. The van der Waals surface area contributed by atoms with E-state index in [1.165, 1.54) is 0 Å². The molecule has 4 nitrogen and oxygen atoms in total. The first kappa shape index (κ1) is 12.9. The maximum atomic E-state index is 11.7. The van der Waals surface area contributed by atoms with E-state index in [1.54, 1.807) is 4.90 Å². The van der Waals surface area contributed by atoms with Gasteiger partial charge in [-0.05, 0) is 18.6 Å². The minimum absolute atomic E-state index is 0.163. The Bertz CT molecular complexity index is 374. The van der Waals surface area contributed by atoms with Crippen molar-refractivity contribution >= 4 is 5.91 Å². The van der Waals surface area contributed by atoms with Crippen molar-refractivity contribution in [2.75, 3.05) is 26.3 Å². The second-order valence-electron chi connectivity index (χ2n) is 4.61. The van der Waals surface area contributed by atoms with Crippen molar-refractivity contribution in [2.45, 2.75) is 12.8 Å². The summed E-state index contributed by atoms with van der Waals surface area (Å²) in [6, 6.07) is 9.61. The van der Waals surface area contributed by atoms with Crippen LogP contribution in [0.5, 0.6) is 5.75 Å². The fourth-order valence-corrected chi connectivity index (χ4v) is 1.98. The van der Waals surface area contributed by atoms with E-state index >= 15 is 0 Å². The molecule has 1 aliphatic rings. The van der Waals surface area contributed by atoms with E-state index in [0.717, 1.165) is 12.2 Å².